The first-order chi connectivity index (χ1) is 10.6. The summed E-state index contributed by atoms with van der Waals surface area (Å²) >= 11 is 0. The van der Waals surface area contributed by atoms with Crippen LogP contribution in [0.1, 0.15) is 11.1 Å². The van der Waals surface area contributed by atoms with Crippen molar-refractivity contribution in [2.24, 2.45) is 0 Å². The van der Waals surface area contributed by atoms with Gasteiger partial charge in [-0.2, -0.15) is 0 Å². The van der Waals surface area contributed by atoms with Crippen molar-refractivity contribution in [2.45, 2.75) is 19.0 Å². The van der Waals surface area contributed by atoms with E-state index >= 15 is 0 Å². The molecule has 0 fully saturated rings. The summed E-state index contributed by atoms with van der Waals surface area (Å²) in [5, 5.41) is 9.40. The molecule has 5 heteroatoms. The number of aliphatic carboxylic acids is 1. The van der Waals surface area contributed by atoms with E-state index in [2.05, 4.69) is 0 Å². The second-order valence-electron chi connectivity index (χ2n) is 5.14. The lowest BCUT2D eigenvalue weighted by molar-refractivity contribution is -0.143. The molecule has 1 unspecified atom stereocenters. The highest BCUT2D eigenvalue weighted by atomic mass is 16.6. The van der Waals surface area contributed by atoms with Crippen LogP contribution in [0.4, 0.5) is 4.79 Å². The first-order valence-corrected chi connectivity index (χ1v) is 6.98. The molecular weight excluding hydrogens is 282 g/mol. The predicted octanol–water partition coefficient (Wildman–Crippen LogP) is 2.70. The van der Waals surface area contributed by atoms with Crippen LogP contribution in [0, 0.1) is 0 Å². The molecule has 0 spiro atoms. The van der Waals surface area contributed by atoms with E-state index in [1.54, 1.807) is 24.3 Å². The zero-order valence-corrected chi connectivity index (χ0v) is 11.8. The first-order valence-electron chi connectivity index (χ1n) is 6.98. The van der Waals surface area contributed by atoms with Crippen molar-refractivity contribution >= 4 is 12.1 Å². The Balaban J connectivity index is 1.84. The summed E-state index contributed by atoms with van der Waals surface area (Å²) in [5.41, 5.74) is 1.91. The maximum Gasteiger partial charge on any atom is 0.416 e. The van der Waals surface area contributed by atoms with Gasteiger partial charge < -0.3 is 9.84 Å². The zero-order chi connectivity index (χ0) is 15.5. The van der Waals surface area contributed by atoms with Crippen LogP contribution in [0.3, 0.4) is 0 Å². The van der Waals surface area contributed by atoms with Crippen LogP contribution in [0.2, 0.25) is 0 Å². The Labute approximate surface area is 127 Å². The topological polar surface area (TPSA) is 66.8 Å². The van der Waals surface area contributed by atoms with Crippen LogP contribution < -0.4 is 4.74 Å². The third kappa shape index (κ3) is 2.79. The number of fused-ring (bicyclic) bond motifs is 1. The van der Waals surface area contributed by atoms with E-state index in [4.69, 9.17) is 4.74 Å². The summed E-state index contributed by atoms with van der Waals surface area (Å²) < 4.78 is 5.27. The highest BCUT2D eigenvalue weighted by Gasteiger charge is 2.35. The number of hydrogen-bond donors (Lipinski definition) is 1. The van der Waals surface area contributed by atoms with Gasteiger partial charge in [0.15, 0.2) is 0 Å². The number of carboxylic acid groups (broad SMARTS) is 1. The van der Waals surface area contributed by atoms with Gasteiger partial charge in [0.25, 0.3) is 0 Å². The van der Waals surface area contributed by atoms with E-state index in [1.165, 1.54) is 4.90 Å². The van der Waals surface area contributed by atoms with Gasteiger partial charge in [-0.3, -0.25) is 4.90 Å². The van der Waals surface area contributed by atoms with Crippen LogP contribution in [-0.4, -0.2) is 28.1 Å². The van der Waals surface area contributed by atoms with Gasteiger partial charge in [-0.05, 0) is 23.3 Å². The lowest BCUT2D eigenvalue weighted by Crippen LogP contribution is -2.49. The molecular formula is C17H15NO4. The average Bonchev–Trinajstić information content (AvgIpc) is 2.54. The Hall–Kier alpha value is -2.82. The van der Waals surface area contributed by atoms with Crippen molar-refractivity contribution in [3.8, 4) is 5.75 Å². The number of hydrogen-bond acceptors (Lipinski definition) is 3. The third-order valence-corrected chi connectivity index (χ3v) is 3.72. The number of amides is 1. The monoisotopic (exact) mass is 297 g/mol. The second kappa shape index (κ2) is 5.89. The molecule has 1 aliphatic heterocycles. The molecule has 1 atom stereocenters. The van der Waals surface area contributed by atoms with E-state index in [1.807, 2.05) is 30.3 Å². The Morgan fingerprint density at radius 1 is 1.00 bits per heavy atom. The van der Waals surface area contributed by atoms with Gasteiger partial charge in [0.2, 0.25) is 0 Å². The molecule has 1 aliphatic rings. The fraction of sp³-hybridized carbons (Fsp3) is 0.176. The molecule has 3 rings (SSSR count). The maximum atomic E-state index is 12.3. The lowest BCUT2D eigenvalue weighted by atomic mass is 9.94. The summed E-state index contributed by atoms with van der Waals surface area (Å²) in [6, 6.07) is 15.3. The number of rotatable bonds is 2. The Morgan fingerprint density at radius 3 is 2.32 bits per heavy atom. The molecule has 0 radical (unpaired) electrons. The van der Waals surface area contributed by atoms with E-state index in [-0.39, 0.29) is 13.0 Å². The van der Waals surface area contributed by atoms with Crippen molar-refractivity contribution < 1.29 is 19.4 Å². The Kier molecular flexibility index (Phi) is 3.78. The summed E-state index contributed by atoms with van der Waals surface area (Å²) in [6.07, 6.45) is -0.358. The number of ether oxygens (including phenoxy) is 1. The smallest absolute Gasteiger partial charge is 0.416 e. The van der Waals surface area contributed by atoms with Crippen molar-refractivity contribution in [2.75, 3.05) is 0 Å². The van der Waals surface area contributed by atoms with E-state index in [0.717, 1.165) is 11.1 Å². The molecule has 5 nitrogen and oxygen atoms in total. The molecule has 2 aromatic rings. The normalized spacial score (nSPS) is 16.7. The number of nitrogens with zero attached hydrogens (tertiary/aromatic N) is 1. The van der Waals surface area contributed by atoms with E-state index in [0.29, 0.717) is 5.75 Å². The van der Waals surface area contributed by atoms with Crippen molar-refractivity contribution in [1.82, 2.24) is 4.90 Å². The first kappa shape index (κ1) is 14.1. The Bertz CT molecular complexity index is 699. The highest BCUT2D eigenvalue weighted by Crippen LogP contribution is 2.24. The van der Waals surface area contributed by atoms with Gasteiger partial charge in [0.05, 0.1) is 6.54 Å². The van der Waals surface area contributed by atoms with Crippen LogP contribution in [0.5, 0.6) is 5.75 Å². The lowest BCUT2D eigenvalue weighted by Gasteiger charge is -2.33. The third-order valence-electron chi connectivity index (χ3n) is 3.72. The predicted molar refractivity (Wildman–Crippen MR) is 79.6 cm³/mol. The van der Waals surface area contributed by atoms with Gasteiger partial charge in [-0.25, -0.2) is 9.59 Å². The molecule has 0 saturated heterocycles. The number of carbonyl (C=O) groups is 2. The van der Waals surface area contributed by atoms with Gasteiger partial charge in [-0.1, -0.05) is 42.5 Å². The van der Waals surface area contributed by atoms with Gasteiger partial charge in [-0.15, -0.1) is 0 Å². The van der Waals surface area contributed by atoms with Crippen LogP contribution >= 0.6 is 0 Å². The zero-order valence-electron chi connectivity index (χ0n) is 11.8. The highest BCUT2D eigenvalue weighted by molar-refractivity contribution is 5.82. The number of benzene rings is 2. The summed E-state index contributed by atoms with van der Waals surface area (Å²) in [4.78, 5) is 25.1. The standard InChI is InChI=1S/C17H15NO4/c19-16(20)15-10-12-6-4-5-7-13(12)11-18(15)17(21)22-14-8-2-1-3-9-14/h1-9,15H,10-11H2,(H,19,20). The van der Waals surface area contributed by atoms with Crippen LogP contribution in [-0.2, 0) is 17.8 Å². The average molecular weight is 297 g/mol. The van der Waals surface area contributed by atoms with Crippen LogP contribution in [0.15, 0.2) is 54.6 Å². The van der Waals surface area contributed by atoms with Gasteiger partial charge in [0, 0.05) is 6.42 Å². The molecule has 1 N–H and O–H groups in total. The number of carbonyl (C=O) groups excluding carboxylic acids is 1. The maximum absolute atomic E-state index is 12.3. The van der Waals surface area contributed by atoms with Crippen LogP contribution in [0.25, 0.3) is 0 Å². The molecule has 1 amide bonds. The second-order valence-corrected chi connectivity index (χ2v) is 5.14. The SMILES string of the molecule is O=C(O)C1Cc2ccccc2CN1C(=O)Oc1ccccc1. The Morgan fingerprint density at radius 2 is 1.64 bits per heavy atom. The van der Waals surface area contributed by atoms with Crippen molar-refractivity contribution in [1.29, 1.82) is 0 Å². The van der Waals surface area contributed by atoms with Gasteiger partial charge >= 0.3 is 12.1 Å². The number of carboxylic acids is 1. The molecule has 0 saturated carbocycles. The fourth-order valence-corrected chi connectivity index (χ4v) is 2.58. The molecule has 22 heavy (non-hydrogen) atoms. The van der Waals surface area contributed by atoms with E-state index < -0.39 is 18.1 Å². The summed E-state index contributed by atoms with van der Waals surface area (Å²) in [6.45, 7) is 0.235. The molecule has 112 valence electrons. The molecule has 0 aliphatic carbocycles. The van der Waals surface area contributed by atoms with Crippen molar-refractivity contribution in [3.63, 3.8) is 0 Å². The molecule has 0 bridgehead atoms. The minimum Gasteiger partial charge on any atom is -0.480 e. The van der Waals surface area contributed by atoms with Crippen molar-refractivity contribution in [3.05, 3.63) is 65.7 Å². The quantitative estimate of drug-likeness (QED) is 0.925. The summed E-state index contributed by atoms with van der Waals surface area (Å²) in [5.74, 6) is -0.630. The van der Waals surface area contributed by atoms with E-state index in [9.17, 15) is 14.7 Å². The number of para-hydroxylation sites is 1. The molecule has 1 heterocycles. The molecule has 2 aromatic carbocycles. The minimum absolute atomic E-state index is 0.235. The minimum atomic E-state index is -1.03. The fourth-order valence-electron chi connectivity index (χ4n) is 2.58. The van der Waals surface area contributed by atoms with Gasteiger partial charge in [0.1, 0.15) is 11.8 Å². The largest absolute Gasteiger partial charge is 0.480 e. The summed E-state index contributed by atoms with van der Waals surface area (Å²) in [7, 11) is 0. The molecule has 0 aromatic heterocycles.